The van der Waals surface area contributed by atoms with Gasteiger partial charge in [0.25, 0.3) is 0 Å². The van der Waals surface area contributed by atoms with Gasteiger partial charge in [0.05, 0.1) is 5.25 Å². The van der Waals surface area contributed by atoms with Crippen LogP contribution in [0.5, 0.6) is 0 Å². The van der Waals surface area contributed by atoms with Crippen molar-refractivity contribution in [1.82, 2.24) is 5.32 Å². The number of aryl methyl sites for hydroxylation is 1. The fourth-order valence-electron chi connectivity index (χ4n) is 2.67. The molecule has 0 spiro atoms. The number of amides is 2. The van der Waals surface area contributed by atoms with Crippen LogP contribution in [-0.2, 0) is 16.0 Å². The molecule has 7 heteroatoms. The Hall–Kier alpha value is -1.86. The van der Waals surface area contributed by atoms with Gasteiger partial charge in [-0.25, -0.2) is 4.39 Å². The zero-order chi connectivity index (χ0) is 18.7. The van der Waals surface area contributed by atoms with E-state index in [4.69, 9.17) is 0 Å². The molecule has 0 radical (unpaired) electrons. The van der Waals surface area contributed by atoms with Gasteiger partial charge in [0.2, 0.25) is 11.8 Å². The first-order valence-corrected chi connectivity index (χ1v) is 10.00. The molecule has 0 saturated carbocycles. The molecule has 3 rings (SSSR count). The van der Waals surface area contributed by atoms with E-state index in [1.807, 2.05) is 25.1 Å². The summed E-state index contributed by atoms with van der Waals surface area (Å²) in [4.78, 5) is 24.8. The molecule has 136 valence electrons. The average molecular weight is 437 g/mol. The Balaban J connectivity index is 1.57. The van der Waals surface area contributed by atoms with Crippen LogP contribution in [0.4, 0.5) is 10.1 Å². The van der Waals surface area contributed by atoms with Crippen LogP contribution in [0.15, 0.2) is 46.9 Å². The Morgan fingerprint density at radius 3 is 2.69 bits per heavy atom. The topological polar surface area (TPSA) is 58.2 Å². The summed E-state index contributed by atoms with van der Waals surface area (Å²) in [7, 11) is 0. The molecule has 1 saturated heterocycles. The van der Waals surface area contributed by atoms with E-state index >= 15 is 0 Å². The molecule has 2 unspecified atom stereocenters. The number of carbonyl (C=O) groups is 2. The van der Waals surface area contributed by atoms with Crippen molar-refractivity contribution >= 4 is 45.2 Å². The zero-order valence-electron chi connectivity index (χ0n) is 14.1. The summed E-state index contributed by atoms with van der Waals surface area (Å²) < 4.78 is 13.9. The fraction of sp³-hybridized carbons (Fsp3) is 0.263. The number of hydrogen-bond donors (Lipinski definition) is 2. The van der Waals surface area contributed by atoms with Gasteiger partial charge in [0, 0.05) is 15.9 Å². The van der Waals surface area contributed by atoms with Crippen LogP contribution in [0.25, 0.3) is 0 Å². The summed E-state index contributed by atoms with van der Waals surface area (Å²) >= 11 is 4.87. The minimum Gasteiger partial charge on any atom is -0.343 e. The molecule has 4 nitrogen and oxygen atoms in total. The van der Waals surface area contributed by atoms with Gasteiger partial charge in [0.15, 0.2) is 0 Å². The van der Waals surface area contributed by atoms with E-state index in [2.05, 4.69) is 26.6 Å². The Morgan fingerprint density at radius 1 is 1.31 bits per heavy atom. The van der Waals surface area contributed by atoms with Gasteiger partial charge >= 0.3 is 0 Å². The predicted octanol–water partition coefficient (Wildman–Crippen LogP) is 3.68. The largest absolute Gasteiger partial charge is 0.343 e. The molecule has 1 aliphatic heterocycles. The zero-order valence-corrected chi connectivity index (χ0v) is 16.5. The SMILES string of the molecule is Cc1cc(NC(=O)C2CSC(Cc3ccc(F)cc3)C(=O)N2)ccc1Br. The molecule has 0 aromatic heterocycles. The lowest BCUT2D eigenvalue weighted by atomic mass is 10.1. The Bertz CT molecular complexity index is 829. The van der Waals surface area contributed by atoms with Crippen molar-refractivity contribution in [3.63, 3.8) is 0 Å². The van der Waals surface area contributed by atoms with Crippen LogP contribution < -0.4 is 10.6 Å². The maximum Gasteiger partial charge on any atom is 0.247 e. The number of thioether (sulfide) groups is 1. The number of halogens is 2. The van der Waals surface area contributed by atoms with Crippen molar-refractivity contribution in [1.29, 1.82) is 0 Å². The van der Waals surface area contributed by atoms with Crippen LogP contribution in [0.3, 0.4) is 0 Å². The molecule has 0 bridgehead atoms. The fourth-order valence-corrected chi connectivity index (χ4v) is 4.11. The summed E-state index contributed by atoms with van der Waals surface area (Å²) in [6.45, 7) is 1.94. The number of benzene rings is 2. The summed E-state index contributed by atoms with van der Waals surface area (Å²) in [5, 5.41) is 5.35. The first kappa shape index (κ1) is 18.9. The first-order chi connectivity index (χ1) is 12.4. The highest BCUT2D eigenvalue weighted by molar-refractivity contribution is 9.10. The van der Waals surface area contributed by atoms with Crippen molar-refractivity contribution < 1.29 is 14.0 Å². The molecule has 26 heavy (non-hydrogen) atoms. The second-order valence-corrected chi connectivity index (χ2v) is 8.26. The third-order valence-electron chi connectivity index (χ3n) is 4.15. The molecule has 2 aromatic rings. The van der Waals surface area contributed by atoms with E-state index in [1.165, 1.54) is 23.9 Å². The summed E-state index contributed by atoms with van der Waals surface area (Å²) in [5.74, 6) is -0.196. The molecule has 2 N–H and O–H groups in total. The van der Waals surface area contributed by atoms with Gasteiger partial charge in [-0.2, -0.15) is 0 Å². The molecule has 1 fully saturated rings. The van der Waals surface area contributed by atoms with Crippen molar-refractivity contribution in [2.45, 2.75) is 24.6 Å². The van der Waals surface area contributed by atoms with Crippen molar-refractivity contribution in [2.24, 2.45) is 0 Å². The number of anilines is 1. The molecule has 1 heterocycles. The minimum atomic E-state index is -0.569. The van der Waals surface area contributed by atoms with E-state index in [1.54, 1.807) is 12.1 Å². The molecule has 0 aliphatic carbocycles. The van der Waals surface area contributed by atoms with Gasteiger partial charge in [-0.15, -0.1) is 11.8 Å². The van der Waals surface area contributed by atoms with Crippen molar-refractivity contribution in [3.05, 3.63) is 63.9 Å². The second kappa shape index (κ2) is 8.22. The highest BCUT2D eigenvalue weighted by Gasteiger charge is 2.32. The van der Waals surface area contributed by atoms with E-state index in [0.29, 0.717) is 17.9 Å². The van der Waals surface area contributed by atoms with Crippen LogP contribution in [0.1, 0.15) is 11.1 Å². The molecule has 2 amide bonds. The normalized spacial score (nSPS) is 19.7. The first-order valence-electron chi connectivity index (χ1n) is 8.16. The molecule has 2 aromatic carbocycles. The van der Waals surface area contributed by atoms with Crippen LogP contribution in [0.2, 0.25) is 0 Å². The third-order valence-corrected chi connectivity index (χ3v) is 6.35. The highest BCUT2D eigenvalue weighted by Crippen LogP contribution is 2.24. The molecule has 2 atom stereocenters. The van der Waals surface area contributed by atoms with E-state index in [0.717, 1.165) is 15.6 Å². The smallest absolute Gasteiger partial charge is 0.247 e. The number of nitrogens with one attached hydrogen (secondary N) is 2. The van der Waals surface area contributed by atoms with Gasteiger partial charge < -0.3 is 10.6 Å². The predicted molar refractivity (Wildman–Crippen MR) is 106 cm³/mol. The monoisotopic (exact) mass is 436 g/mol. The minimum absolute atomic E-state index is 0.169. The van der Waals surface area contributed by atoms with E-state index in [-0.39, 0.29) is 22.9 Å². The lowest BCUT2D eigenvalue weighted by Gasteiger charge is -2.28. The van der Waals surface area contributed by atoms with Crippen LogP contribution in [0, 0.1) is 12.7 Å². The van der Waals surface area contributed by atoms with Gasteiger partial charge in [0.1, 0.15) is 11.9 Å². The molecular weight excluding hydrogens is 419 g/mol. The van der Waals surface area contributed by atoms with Gasteiger partial charge in [-0.05, 0) is 54.8 Å². The Labute approximate surface area is 164 Å². The number of rotatable bonds is 4. The van der Waals surface area contributed by atoms with Crippen LogP contribution >= 0.6 is 27.7 Å². The highest BCUT2D eigenvalue weighted by atomic mass is 79.9. The van der Waals surface area contributed by atoms with E-state index < -0.39 is 6.04 Å². The number of carbonyl (C=O) groups excluding carboxylic acids is 2. The molecular formula is C19H18BrFN2O2S. The third kappa shape index (κ3) is 4.65. The van der Waals surface area contributed by atoms with Crippen molar-refractivity contribution in [3.8, 4) is 0 Å². The standard InChI is InChI=1S/C19H18BrFN2O2S/c1-11-8-14(6-7-15(11)20)22-18(24)16-10-26-17(19(25)23-16)9-12-2-4-13(21)5-3-12/h2-8,16-17H,9-10H2,1H3,(H,22,24)(H,23,25). The quantitative estimate of drug-likeness (QED) is 0.768. The Morgan fingerprint density at radius 2 is 2.04 bits per heavy atom. The van der Waals surface area contributed by atoms with Gasteiger partial charge in [-0.3, -0.25) is 9.59 Å². The van der Waals surface area contributed by atoms with Gasteiger partial charge in [-0.1, -0.05) is 28.1 Å². The van der Waals surface area contributed by atoms with Crippen molar-refractivity contribution in [2.75, 3.05) is 11.1 Å². The lowest BCUT2D eigenvalue weighted by molar-refractivity contribution is -0.126. The lowest BCUT2D eigenvalue weighted by Crippen LogP contribution is -2.52. The van der Waals surface area contributed by atoms with E-state index in [9.17, 15) is 14.0 Å². The number of hydrogen-bond acceptors (Lipinski definition) is 3. The van der Waals surface area contributed by atoms with Crippen LogP contribution in [-0.4, -0.2) is 28.9 Å². The maximum absolute atomic E-state index is 13.0. The summed E-state index contributed by atoms with van der Waals surface area (Å²) in [6, 6.07) is 11.1. The summed E-state index contributed by atoms with van der Waals surface area (Å²) in [5.41, 5.74) is 2.61. The average Bonchev–Trinajstić information content (AvgIpc) is 2.61. The second-order valence-electron chi connectivity index (χ2n) is 6.17. The Kier molecular flexibility index (Phi) is 5.98. The summed E-state index contributed by atoms with van der Waals surface area (Å²) in [6.07, 6.45) is 0.511. The maximum atomic E-state index is 13.0. The molecule has 1 aliphatic rings.